The van der Waals surface area contributed by atoms with Gasteiger partial charge in [0.2, 0.25) is 11.6 Å². The molecule has 0 radical (unpaired) electrons. The van der Waals surface area contributed by atoms with Crippen LogP contribution in [0.15, 0.2) is 51.7 Å². The fourth-order valence-electron chi connectivity index (χ4n) is 3.56. The lowest BCUT2D eigenvalue weighted by atomic mass is 10.0. The van der Waals surface area contributed by atoms with E-state index in [2.05, 4.69) is 20.9 Å². The summed E-state index contributed by atoms with van der Waals surface area (Å²) in [6, 6.07) is 6.56. The van der Waals surface area contributed by atoms with Crippen LogP contribution in [0.4, 0.5) is 26.3 Å². The molecular weight excluding hydrogens is 560 g/mol. The second kappa shape index (κ2) is 9.41. The number of rotatable bonds is 5. The van der Waals surface area contributed by atoms with E-state index in [0.29, 0.717) is 28.4 Å². The van der Waals surface area contributed by atoms with Crippen molar-refractivity contribution in [3.8, 4) is 34.3 Å². The number of nitrogens with one attached hydrogen (secondary N) is 1. The first-order valence-electron chi connectivity index (χ1n) is 9.96. The molecule has 0 unspecified atom stereocenters. The summed E-state index contributed by atoms with van der Waals surface area (Å²) in [7, 11) is 2.40. The number of pyridine rings is 1. The van der Waals surface area contributed by atoms with Gasteiger partial charge in [0.15, 0.2) is 17.0 Å². The van der Waals surface area contributed by atoms with Gasteiger partial charge in [-0.2, -0.15) is 17.6 Å². The molecule has 4 aromatic rings. The summed E-state index contributed by atoms with van der Waals surface area (Å²) in [5.41, 5.74) is -2.38. The molecule has 1 N–H and O–H groups in total. The number of fused-ring (bicyclic) bond motifs is 1. The summed E-state index contributed by atoms with van der Waals surface area (Å²) in [4.78, 5) is 15.8. The van der Waals surface area contributed by atoms with E-state index in [0.717, 1.165) is 19.2 Å². The molecule has 5 nitrogen and oxygen atoms in total. The summed E-state index contributed by atoms with van der Waals surface area (Å²) in [6.45, 7) is 0. The zero-order valence-corrected chi connectivity index (χ0v) is 19.9. The van der Waals surface area contributed by atoms with Crippen LogP contribution < -0.4 is 19.6 Å². The Labute approximate surface area is 207 Å². The highest BCUT2D eigenvalue weighted by molar-refractivity contribution is 9.10. The average Bonchev–Trinajstić information content (AvgIpc) is 2.81. The third kappa shape index (κ3) is 4.48. The number of aromatic nitrogens is 1. The van der Waals surface area contributed by atoms with Gasteiger partial charge in [-0.25, -0.2) is 8.78 Å². The van der Waals surface area contributed by atoms with Crippen molar-refractivity contribution in [1.29, 1.82) is 0 Å². The number of hydrogen-bond donors (Lipinski definition) is 1. The average molecular weight is 574 g/mol. The van der Waals surface area contributed by atoms with Gasteiger partial charge in [0.25, 0.3) is 0 Å². The molecule has 12 heteroatoms. The lowest BCUT2D eigenvalue weighted by Crippen LogP contribution is -2.10. The quantitative estimate of drug-likeness (QED) is 0.256. The standard InChI is InChI=1S/C24H14BrF6NO4/c1-34-17-6-4-14-20(21(17)25)16(33)9-15(32-14)10-7-13(27)11(24(29,30)31)8-19(10)36-18-5-3-12(26)22(28)23(18)35-2/h3-9H,1-2H3,(H,32,33). The molecule has 0 saturated carbocycles. The van der Waals surface area contributed by atoms with Crippen molar-refractivity contribution in [3.05, 3.63) is 80.2 Å². The highest BCUT2D eigenvalue weighted by Gasteiger charge is 2.36. The van der Waals surface area contributed by atoms with E-state index >= 15 is 0 Å². The van der Waals surface area contributed by atoms with E-state index in [4.69, 9.17) is 14.2 Å². The number of H-pyrrole nitrogens is 1. The summed E-state index contributed by atoms with van der Waals surface area (Å²) in [5.74, 6) is -5.80. The summed E-state index contributed by atoms with van der Waals surface area (Å²) in [6.07, 6.45) is -5.10. The number of alkyl halides is 3. The SMILES string of the molecule is COc1ccc2[nH]c(-c3cc(F)c(C(F)(F)F)cc3Oc3ccc(F)c(F)c3OC)cc(=O)c2c1Br. The van der Waals surface area contributed by atoms with Crippen molar-refractivity contribution in [2.24, 2.45) is 0 Å². The minimum absolute atomic E-state index is 0.103. The largest absolute Gasteiger partial charge is 0.496 e. The van der Waals surface area contributed by atoms with Crippen LogP contribution in [0.25, 0.3) is 22.2 Å². The Balaban J connectivity index is 1.97. The predicted molar refractivity (Wildman–Crippen MR) is 122 cm³/mol. The molecular formula is C24H14BrF6NO4. The van der Waals surface area contributed by atoms with Crippen LogP contribution >= 0.6 is 15.9 Å². The lowest BCUT2D eigenvalue weighted by Gasteiger charge is -2.18. The van der Waals surface area contributed by atoms with Crippen molar-refractivity contribution in [3.63, 3.8) is 0 Å². The maximum absolute atomic E-state index is 14.6. The molecule has 0 bridgehead atoms. The Morgan fingerprint density at radius 3 is 2.19 bits per heavy atom. The maximum atomic E-state index is 14.6. The van der Waals surface area contributed by atoms with Gasteiger partial charge >= 0.3 is 6.18 Å². The molecule has 0 aliphatic rings. The zero-order chi connectivity index (χ0) is 26.4. The Kier molecular flexibility index (Phi) is 6.65. The van der Waals surface area contributed by atoms with E-state index in [9.17, 15) is 31.1 Å². The zero-order valence-electron chi connectivity index (χ0n) is 18.3. The van der Waals surface area contributed by atoms with E-state index in [1.807, 2.05) is 0 Å². The van der Waals surface area contributed by atoms with Gasteiger partial charge in [-0.15, -0.1) is 0 Å². The number of aromatic amines is 1. The van der Waals surface area contributed by atoms with Gasteiger partial charge in [-0.1, -0.05) is 0 Å². The lowest BCUT2D eigenvalue weighted by molar-refractivity contribution is -0.140. The second-order valence-corrected chi connectivity index (χ2v) is 8.17. The summed E-state index contributed by atoms with van der Waals surface area (Å²) >= 11 is 3.27. The molecule has 1 aromatic heterocycles. The molecule has 0 fully saturated rings. The number of halogens is 7. The van der Waals surface area contributed by atoms with Gasteiger partial charge in [-0.3, -0.25) is 4.79 Å². The van der Waals surface area contributed by atoms with Crippen molar-refractivity contribution in [2.45, 2.75) is 6.18 Å². The van der Waals surface area contributed by atoms with Crippen molar-refractivity contribution < 1.29 is 40.6 Å². The molecule has 36 heavy (non-hydrogen) atoms. The van der Waals surface area contributed by atoms with Crippen LogP contribution in [0, 0.1) is 17.5 Å². The Bertz CT molecular complexity index is 1550. The van der Waals surface area contributed by atoms with Crippen molar-refractivity contribution in [2.75, 3.05) is 14.2 Å². The molecule has 0 aliphatic carbocycles. The van der Waals surface area contributed by atoms with Gasteiger partial charge in [0.05, 0.1) is 40.9 Å². The number of methoxy groups -OCH3 is 2. The molecule has 188 valence electrons. The monoisotopic (exact) mass is 573 g/mol. The first kappa shape index (κ1) is 25.4. The smallest absolute Gasteiger partial charge is 0.419 e. The minimum Gasteiger partial charge on any atom is -0.496 e. The minimum atomic E-state index is -5.10. The van der Waals surface area contributed by atoms with E-state index in [1.165, 1.54) is 19.2 Å². The molecule has 3 aromatic carbocycles. The van der Waals surface area contributed by atoms with Crippen LogP contribution in [-0.2, 0) is 6.18 Å². The summed E-state index contributed by atoms with van der Waals surface area (Å²) < 4.78 is 98.5. The Hall–Kier alpha value is -3.67. The van der Waals surface area contributed by atoms with Crippen LogP contribution in [-0.4, -0.2) is 19.2 Å². The van der Waals surface area contributed by atoms with E-state index in [1.54, 1.807) is 0 Å². The van der Waals surface area contributed by atoms with Gasteiger partial charge < -0.3 is 19.2 Å². The summed E-state index contributed by atoms with van der Waals surface area (Å²) in [5, 5.41) is 0.176. The number of hydrogen-bond acceptors (Lipinski definition) is 4. The van der Waals surface area contributed by atoms with Crippen LogP contribution in [0.2, 0.25) is 0 Å². The molecule has 0 atom stereocenters. The number of benzene rings is 3. The fraction of sp³-hybridized carbons (Fsp3) is 0.125. The van der Waals surface area contributed by atoms with Crippen molar-refractivity contribution in [1.82, 2.24) is 4.98 Å². The van der Waals surface area contributed by atoms with Gasteiger partial charge in [0, 0.05) is 11.6 Å². The van der Waals surface area contributed by atoms with Gasteiger partial charge in [0.1, 0.15) is 17.3 Å². The van der Waals surface area contributed by atoms with Crippen molar-refractivity contribution >= 4 is 26.8 Å². The fourth-order valence-corrected chi connectivity index (χ4v) is 4.26. The molecule has 0 saturated heterocycles. The number of ether oxygens (including phenoxy) is 3. The van der Waals surface area contributed by atoms with Crippen LogP contribution in [0.5, 0.6) is 23.0 Å². The highest BCUT2D eigenvalue weighted by Crippen LogP contribution is 2.43. The normalized spacial score (nSPS) is 11.6. The maximum Gasteiger partial charge on any atom is 0.419 e. The third-order valence-corrected chi connectivity index (χ3v) is 6.01. The van der Waals surface area contributed by atoms with Crippen LogP contribution in [0.3, 0.4) is 0 Å². The first-order chi connectivity index (χ1) is 17.0. The Morgan fingerprint density at radius 1 is 0.861 bits per heavy atom. The molecule has 1 heterocycles. The second-order valence-electron chi connectivity index (χ2n) is 7.37. The Morgan fingerprint density at radius 2 is 1.56 bits per heavy atom. The topological polar surface area (TPSA) is 60.6 Å². The molecule has 0 amide bonds. The third-order valence-electron chi connectivity index (χ3n) is 5.22. The first-order valence-corrected chi connectivity index (χ1v) is 10.8. The molecule has 0 aliphatic heterocycles. The predicted octanol–water partition coefficient (Wildman–Crippen LogP) is 7.20. The van der Waals surface area contributed by atoms with Gasteiger partial charge in [-0.05, 0) is 52.3 Å². The van der Waals surface area contributed by atoms with E-state index in [-0.39, 0.29) is 22.2 Å². The molecule has 4 rings (SSSR count). The van der Waals surface area contributed by atoms with E-state index < -0.39 is 51.9 Å². The molecule has 0 spiro atoms. The van der Waals surface area contributed by atoms with Crippen LogP contribution in [0.1, 0.15) is 5.56 Å². The highest BCUT2D eigenvalue weighted by atomic mass is 79.9.